The average molecular weight is 530 g/mol. The number of nitrogens with zero attached hydrogens (tertiary/aromatic N) is 2. The molecule has 1 unspecified atom stereocenters. The molecule has 1 fully saturated rings. The first-order valence-electron chi connectivity index (χ1n) is 12.6. The summed E-state index contributed by atoms with van der Waals surface area (Å²) in [5.74, 6) is 2.75. The topological polar surface area (TPSA) is 71.6 Å². The van der Waals surface area contributed by atoms with Gasteiger partial charge < -0.3 is 15.6 Å². The lowest BCUT2D eigenvalue weighted by Crippen LogP contribution is -2.42. The summed E-state index contributed by atoms with van der Waals surface area (Å²) in [5, 5.41) is 10.9. The number of fused-ring (bicyclic) bond motifs is 1. The number of ether oxygens (including phenoxy) is 1. The molecule has 1 aromatic heterocycles. The van der Waals surface area contributed by atoms with Gasteiger partial charge in [-0.05, 0) is 68.0 Å². The lowest BCUT2D eigenvalue weighted by Gasteiger charge is -2.40. The van der Waals surface area contributed by atoms with Crippen LogP contribution in [0.4, 0.5) is 17.6 Å². The Balaban J connectivity index is 1.40. The number of benzene rings is 2. The summed E-state index contributed by atoms with van der Waals surface area (Å²) in [6.45, 7) is 1.56. The van der Waals surface area contributed by atoms with Crippen molar-refractivity contribution in [2.24, 2.45) is 11.1 Å². The third-order valence-corrected chi connectivity index (χ3v) is 7.44. The number of piperidine rings is 1. The maximum atomic E-state index is 15.8. The minimum absolute atomic E-state index is 0.0695. The van der Waals surface area contributed by atoms with Crippen LogP contribution in [0.15, 0.2) is 36.5 Å². The molecule has 2 aromatic carbocycles. The highest BCUT2D eigenvalue weighted by Gasteiger charge is 2.35. The Labute approximate surface area is 219 Å². The number of aromatic nitrogens is 1. The Kier molecular flexibility index (Phi) is 8.87. The van der Waals surface area contributed by atoms with E-state index >= 15 is 4.39 Å². The van der Waals surface area contributed by atoms with Crippen LogP contribution in [-0.4, -0.2) is 48.3 Å². The molecule has 0 amide bonds. The number of likely N-dealkylation sites (tertiary alicyclic amines) is 1. The molecule has 0 aliphatic carbocycles. The molecule has 1 aliphatic rings. The van der Waals surface area contributed by atoms with Crippen molar-refractivity contribution in [3.8, 4) is 17.6 Å². The zero-order valence-corrected chi connectivity index (χ0v) is 21.2. The second-order valence-electron chi connectivity index (χ2n) is 9.77. The summed E-state index contributed by atoms with van der Waals surface area (Å²) in [7, 11) is 1.55. The van der Waals surface area contributed by atoms with Crippen LogP contribution in [0.25, 0.3) is 10.9 Å². The Morgan fingerprint density at radius 1 is 1.16 bits per heavy atom. The highest BCUT2D eigenvalue weighted by atomic mass is 19.1. The van der Waals surface area contributed by atoms with Crippen LogP contribution in [0.3, 0.4) is 0 Å². The quantitative estimate of drug-likeness (QED) is 0.316. The number of pyridine rings is 1. The van der Waals surface area contributed by atoms with Gasteiger partial charge in [-0.25, -0.2) is 17.6 Å². The Morgan fingerprint density at radius 2 is 1.87 bits per heavy atom. The van der Waals surface area contributed by atoms with Crippen LogP contribution in [0, 0.1) is 34.7 Å². The van der Waals surface area contributed by atoms with Crippen LogP contribution >= 0.6 is 0 Å². The van der Waals surface area contributed by atoms with E-state index in [0.29, 0.717) is 72.3 Å². The van der Waals surface area contributed by atoms with Crippen molar-refractivity contribution in [2.45, 2.75) is 38.4 Å². The number of alkyl halides is 1. The zero-order valence-electron chi connectivity index (χ0n) is 21.2. The molecule has 5 nitrogen and oxygen atoms in total. The van der Waals surface area contributed by atoms with Crippen molar-refractivity contribution < 1.29 is 27.4 Å². The fourth-order valence-corrected chi connectivity index (χ4v) is 5.04. The molecule has 1 saturated heterocycles. The summed E-state index contributed by atoms with van der Waals surface area (Å²) < 4.78 is 61.8. The van der Waals surface area contributed by atoms with Crippen molar-refractivity contribution >= 4 is 10.9 Å². The molecule has 3 aromatic rings. The SMILES string of the molecule is COc1ccc2ncc(CN)c(C(F)CCC3(CO)CCN(CC#Cc4c(F)cc(F)cc4F)CC3)c2c1. The van der Waals surface area contributed by atoms with Gasteiger partial charge in [0.1, 0.15) is 29.4 Å². The predicted octanol–water partition coefficient (Wildman–Crippen LogP) is 5.04. The molecular weight excluding hydrogens is 498 g/mol. The third kappa shape index (κ3) is 6.09. The van der Waals surface area contributed by atoms with Gasteiger partial charge in [-0.15, -0.1) is 0 Å². The van der Waals surface area contributed by atoms with Gasteiger partial charge in [0.2, 0.25) is 0 Å². The fourth-order valence-electron chi connectivity index (χ4n) is 5.04. The monoisotopic (exact) mass is 529 g/mol. The molecular formula is C29H31F4N3O2. The van der Waals surface area contributed by atoms with Crippen LogP contribution < -0.4 is 10.5 Å². The number of nitrogens with two attached hydrogens (primary N) is 1. The molecule has 2 heterocycles. The standard InChI is InChI=1S/C29H31F4N3O2/c1-38-21-4-5-27-23(15-21)28(19(16-34)17-35-27)24(31)6-7-29(18-37)8-11-36(12-9-29)10-2-3-22-25(32)13-20(30)14-26(22)33/h4-5,13-15,17,24,37H,6-12,16,18,34H2,1H3. The van der Waals surface area contributed by atoms with Crippen LogP contribution in [-0.2, 0) is 6.54 Å². The van der Waals surface area contributed by atoms with Crippen LogP contribution in [0.2, 0.25) is 0 Å². The summed E-state index contributed by atoms with van der Waals surface area (Å²) in [5.41, 5.74) is 6.82. The van der Waals surface area contributed by atoms with Crippen molar-refractivity contribution in [1.29, 1.82) is 0 Å². The number of halogens is 4. The predicted molar refractivity (Wildman–Crippen MR) is 138 cm³/mol. The van der Waals surface area contributed by atoms with E-state index in [-0.39, 0.29) is 26.1 Å². The average Bonchev–Trinajstić information content (AvgIpc) is 2.92. The second kappa shape index (κ2) is 12.1. The van der Waals surface area contributed by atoms with Crippen LogP contribution in [0.5, 0.6) is 5.75 Å². The largest absolute Gasteiger partial charge is 0.497 e. The van der Waals surface area contributed by atoms with Crippen molar-refractivity contribution in [3.05, 3.63) is 70.7 Å². The van der Waals surface area contributed by atoms with Gasteiger partial charge in [0.05, 0.1) is 24.7 Å². The number of hydrogen-bond acceptors (Lipinski definition) is 5. The number of methoxy groups -OCH3 is 1. The number of hydrogen-bond donors (Lipinski definition) is 2. The first-order chi connectivity index (χ1) is 18.3. The van der Waals surface area contributed by atoms with Gasteiger partial charge in [0, 0.05) is 42.4 Å². The molecule has 3 N–H and O–H groups in total. The van der Waals surface area contributed by atoms with Crippen LogP contribution in [0.1, 0.15) is 48.5 Å². The summed E-state index contributed by atoms with van der Waals surface area (Å²) >= 11 is 0. The summed E-state index contributed by atoms with van der Waals surface area (Å²) in [4.78, 5) is 6.41. The van der Waals surface area contributed by atoms with Gasteiger partial charge in [-0.3, -0.25) is 9.88 Å². The minimum atomic E-state index is -1.29. The first kappa shape index (κ1) is 27.8. The normalized spacial score (nSPS) is 16.2. The minimum Gasteiger partial charge on any atom is -0.497 e. The van der Waals surface area contributed by atoms with E-state index in [1.54, 1.807) is 31.5 Å². The summed E-state index contributed by atoms with van der Waals surface area (Å²) in [6.07, 6.45) is 2.28. The number of aliphatic hydroxyl groups excluding tert-OH is 1. The van der Waals surface area contributed by atoms with Gasteiger partial charge in [0.15, 0.2) is 0 Å². The smallest absolute Gasteiger partial charge is 0.144 e. The third-order valence-electron chi connectivity index (χ3n) is 7.44. The lowest BCUT2D eigenvalue weighted by atomic mass is 9.74. The van der Waals surface area contributed by atoms with E-state index in [4.69, 9.17) is 10.5 Å². The highest BCUT2D eigenvalue weighted by molar-refractivity contribution is 5.85. The van der Waals surface area contributed by atoms with Gasteiger partial charge in [-0.1, -0.05) is 11.8 Å². The Morgan fingerprint density at radius 3 is 2.50 bits per heavy atom. The maximum Gasteiger partial charge on any atom is 0.144 e. The summed E-state index contributed by atoms with van der Waals surface area (Å²) in [6, 6.07) is 6.54. The first-order valence-corrected chi connectivity index (χ1v) is 12.6. The maximum absolute atomic E-state index is 15.8. The lowest BCUT2D eigenvalue weighted by molar-refractivity contribution is 0.0344. The van der Waals surface area contributed by atoms with E-state index < -0.39 is 34.6 Å². The van der Waals surface area contributed by atoms with Gasteiger partial charge >= 0.3 is 0 Å². The molecule has 1 aliphatic heterocycles. The van der Waals surface area contributed by atoms with Crippen molar-refractivity contribution in [2.75, 3.05) is 33.4 Å². The van der Waals surface area contributed by atoms with Gasteiger partial charge in [0.25, 0.3) is 0 Å². The zero-order chi connectivity index (χ0) is 27.3. The molecule has 1 atom stereocenters. The Bertz CT molecular complexity index is 1320. The molecule has 4 rings (SSSR count). The van der Waals surface area contributed by atoms with Crippen molar-refractivity contribution in [3.63, 3.8) is 0 Å². The van der Waals surface area contributed by atoms with Crippen molar-refractivity contribution in [1.82, 2.24) is 9.88 Å². The molecule has 0 bridgehead atoms. The Hall–Kier alpha value is -3.19. The molecule has 0 radical (unpaired) electrons. The number of rotatable bonds is 8. The fraction of sp³-hybridized carbons (Fsp3) is 0.414. The second-order valence-corrected chi connectivity index (χ2v) is 9.77. The van der Waals surface area contributed by atoms with E-state index in [9.17, 15) is 18.3 Å². The van der Waals surface area contributed by atoms with E-state index in [1.807, 2.05) is 4.90 Å². The molecule has 0 spiro atoms. The van der Waals surface area contributed by atoms with E-state index in [0.717, 1.165) is 0 Å². The number of aliphatic hydroxyl groups is 1. The molecule has 38 heavy (non-hydrogen) atoms. The highest BCUT2D eigenvalue weighted by Crippen LogP contribution is 2.41. The molecule has 0 saturated carbocycles. The molecule has 202 valence electrons. The van der Waals surface area contributed by atoms with Gasteiger partial charge in [-0.2, -0.15) is 0 Å². The van der Waals surface area contributed by atoms with E-state index in [2.05, 4.69) is 16.8 Å². The molecule has 9 heteroatoms. The van der Waals surface area contributed by atoms with E-state index in [1.165, 1.54) is 0 Å².